The summed E-state index contributed by atoms with van der Waals surface area (Å²) in [5.41, 5.74) is 1.74. The van der Waals surface area contributed by atoms with Crippen LogP contribution in [0.4, 0.5) is 10.1 Å². The third-order valence-electron chi connectivity index (χ3n) is 3.31. The van der Waals surface area contributed by atoms with Gasteiger partial charge >= 0.3 is 0 Å². The number of rotatable bonds is 5. The van der Waals surface area contributed by atoms with Crippen LogP contribution in [0.15, 0.2) is 48.5 Å². The number of nitrogens with one attached hydrogen (secondary N) is 2. The zero-order chi connectivity index (χ0) is 15.9. The standard InChI is InChI=1S/C17H19FN2OS/c1-3-16(12-7-9-15(21-2)10-8-12)20-17(22)19-14-6-4-5-13(18)11-14/h4-11,16H,3H2,1-2H3,(H2,19,20,22). The maximum absolute atomic E-state index is 13.2. The molecular weight excluding hydrogens is 299 g/mol. The minimum atomic E-state index is -0.296. The minimum absolute atomic E-state index is 0.0828. The first-order valence-electron chi connectivity index (χ1n) is 7.09. The zero-order valence-corrected chi connectivity index (χ0v) is 13.4. The van der Waals surface area contributed by atoms with Gasteiger partial charge in [0.25, 0.3) is 0 Å². The zero-order valence-electron chi connectivity index (χ0n) is 12.6. The molecule has 22 heavy (non-hydrogen) atoms. The highest BCUT2D eigenvalue weighted by Crippen LogP contribution is 2.20. The summed E-state index contributed by atoms with van der Waals surface area (Å²) in [5.74, 6) is 0.522. The maximum atomic E-state index is 13.2. The number of halogens is 1. The van der Waals surface area contributed by atoms with Crippen molar-refractivity contribution in [1.29, 1.82) is 0 Å². The molecule has 2 N–H and O–H groups in total. The summed E-state index contributed by atoms with van der Waals surface area (Å²) >= 11 is 5.30. The summed E-state index contributed by atoms with van der Waals surface area (Å²) in [6.45, 7) is 2.08. The molecule has 2 aromatic carbocycles. The topological polar surface area (TPSA) is 33.3 Å². The summed E-state index contributed by atoms with van der Waals surface area (Å²) < 4.78 is 18.3. The number of methoxy groups -OCH3 is 1. The Bertz CT molecular complexity index is 631. The number of anilines is 1. The van der Waals surface area contributed by atoms with Crippen molar-refractivity contribution in [3.63, 3.8) is 0 Å². The normalized spacial score (nSPS) is 11.6. The molecule has 0 radical (unpaired) electrons. The number of ether oxygens (including phenoxy) is 1. The molecule has 0 amide bonds. The van der Waals surface area contributed by atoms with Crippen molar-refractivity contribution in [2.45, 2.75) is 19.4 Å². The van der Waals surface area contributed by atoms with Crippen molar-refractivity contribution in [3.8, 4) is 5.75 Å². The van der Waals surface area contributed by atoms with Crippen molar-refractivity contribution in [3.05, 3.63) is 59.9 Å². The van der Waals surface area contributed by atoms with E-state index in [1.54, 1.807) is 19.2 Å². The van der Waals surface area contributed by atoms with Crippen LogP contribution in [0.25, 0.3) is 0 Å². The van der Waals surface area contributed by atoms with E-state index in [0.717, 1.165) is 17.7 Å². The molecule has 0 saturated carbocycles. The number of hydrogen-bond acceptors (Lipinski definition) is 2. The van der Waals surface area contributed by atoms with E-state index in [1.807, 2.05) is 24.3 Å². The van der Waals surface area contributed by atoms with Crippen LogP contribution >= 0.6 is 12.2 Å². The van der Waals surface area contributed by atoms with Crippen LogP contribution in [-0.4, -0.2) is 12.2 Å². The summed E-state index contributed by atoms with van der Waals surface area (Å²) in [7, 11) is 1.64. The largest absolute Gasteiger partial charge is 0.497 e. The average molecular weight is 318 g/mol. The lowest BCUT2D eigenvalue weighted by molar-refractivity contribution is 0.414. The molecule has 116 valence electrons. The van der Waals surface area contributed by atoms with Gasteiger partial charge in [0.2, 0.25) is 0 Å². The Hall–Kier alpha value is -2.14. The van der Waals surface area contributed by atoms with E-state index >= 15 is 0 Å². The van der Waals surface area contributed by atoms with Gasteiger partial charge in [-0.2, -0.15) is 0 Å². The lowest BCUT2D eigenvalue weighted by atomic mass is 10.0. The van der Waals surface area contributed by atoms with Gasteiger partial charge in [-0.3, -0.25) is 0 Å². The quantitative estimate of drug-likeness (QED) is 0.807. The first-order chi connectivity index (χ1) is 10.6. The number of benzene rings is 2. The van der Waals surface area contributed by atoms with Crippen LogP contribution in [0, 0.1) is 5.82 Å². The van der Waals surface area contributed by atoms with Crippen LogP contribution in [0.2, 0.25) is 0 Å². The fraction of sp³-hybridized carbons (Fsp3) is 0.235. The van der Waals surface area contributed by atoms with Crippen LogP contribution in [0.5, 0.6) is 5.75 Å². The molecule has 1 atom stereocenters. The van der Waals surface area contributed by atoms with E-state index in [0.29, 0.717) is 10.8 Å². The Morgan fingerprint density at radius 1 is 1.23 bits per heavy atom. The Morgan fingerprint density at radius 2 is 1.95 bits per heavy atom. The molecule has 0 fully saturated rings. The molecule has 0 spiro atoms. The van der Waals surface area contributed by atoms with Crippen LogP contribution in [-0.2, 0) is 0 Å². The molecule has 0 aliphatic carbocycles. The highest BCUT2D eigenvalue weighted by molar-refractivity contribution is 7.80. The van der Waals surface area contributed by atoms with E-state index < -0.39 is 0 Å². The van der Waals surface area contributed by atoms with E-state index in [1.165, 1.54) is 12.1 Å². The number of hydrogen-bond donors (Lipinski definition) is 2. The van der Waals surface area contributed by atoms with Gasteiger partial charge in [0.15, 0.2) is 5.11 Å². The smallest absolute Gasteiger partial charge is 0.171 e. The molecule has 5 heteroatoms. The van der Waals surface area contributed by atoms with Crippen molar-refractivity contribution < 1.29 is 9.13 Å². The first-order valence-corrected chi connectivity index (χ1v) is 7.50. The highest BCUT2D eigenvalue weighted by atomic mass is 32.1. The predicted octanol–water partition coefficient (Wildman–Crippen LogP) is 4.27. The second-order valence-corrected chi connectivity index (χ2v) is 5.25. The minimum Gasteiger partial charge on any atom is -0.497 e. The Balaban J connectivity index is 2.01. The summed E-state index contributed by atoms with van der Waals surface area (Å²) in [4.78, 5) is 0. The van der Waals surface area contributed by atoms with Gasteiger partial charge in [0.1, 0.15) is 11.6 Å². The lowest BCUT2D eigenvalue weighted by Gasteiger charge is -2.20. The molecular formula is C17H19FN2OS. The summed E-state index contributed by atoms with van der Waals surface area (Å²) in [6, 6.07) is 14.1. The van der Waals surface area contributed by atoms with E-state index in [2.05, 4.69) is 17.6 Å². The monoisotopic (exact) mass is 318 g/mol. The van der Waals surface area contributed by atoms with Gasteiger partial charge in [-0.1, -0.05) is 25.1 Å². The fourth-order valence-corrected chi connectivity index (χ4v) is 2.41. The Morgan fingerprint density at radius 3 is 2.55 bits per heavy atom. The van der Waals surface area contributed by atoms with Crippen molar-refractivity contribution >= 4 is 23.0 Å². The van der Waals surface area contributed by atoms with Gasteiger partial charge in [-0.25, -0.2) is 4.39 Å². The Kier molecular flexibility index (Phi) is 5.72. The molecule has 0 aliphatic heterocycles. The van der Waals surface area contributed by atoms with Crippen molar-refractivity contribution in [2.24, 2.45) is 0 Å². The summed E-state index contributed by atoms with van der Waals surface area (Å²) in [6.07, 6.45) is 0.872. The van der Waals surface area contributed by atoms with Gasteiger partial charge in [0.05, 0.1) is 13.2 Å². The second kappa shape index (κ2) is 7.75. The maximum Gasteiger partial charge on any atom is 0.171 e. The van der Waals surface area contributed by atoms with Gasteiger partial charge < -0.3 is 15.4 Å². The van der Waals surface area contributed by atoms with Crippen molar-refractivity contribution in [2.75, 3.05) is 12.4 Å². The summed E-state index contributed by atoms with van der Waals surface area (Å²) in [5, 5.41) is 6.71. The molecule has 0 bridgehead atoms. The molecule has 0 aliphatic rings. The molecule has 2 rings (SSSR count). The SMILES string of the molecule is CCC(NC(=S)Nc1cccc(F)c1)c1ccc(OC)cc1. The van der Waals surface area contributed by atoms with Gasteiger partial charge in [-0.05, 0) is 54.5 Å². The average Bonchev–Trinajstić information content (AvgIpc) is 2.53. The van der Waals surface area contributed by atoms with Crippen LogP contribution < -0.4 is 15.4 Å². The number of thiocarbonyl (C=S) groups is 1. The van der Waals surface area contributed by atoms with Crippen molar-refractivity contribution in [1.82, 2.24) is 5.32 Å². The molecule has 2 aromatic rings. The van der Waals surface area contributed by atoms with Gasteiger partial charge in [-0.15, -0.1) is 0 Å². The van der Waals surface area contributed by atoms with E-state index in [9.17, 15) is 4.39 Å². The fourth-order valence-electron chi connectivity index (χ4n) is 2.15. The molecule has 3 nitrogen and oxygen atoms in total. The first kappa shape index (κ1) is 16.2. The molecule has 1 unspecified atom stereocenters. The predicted molar refractivity (Wildman–Crippen MR) is 91.8 cm³/mol. The third kappa shape index (κ3) is 4.43. The highest BCUT2D eigenvalue weighted by Gasteiger charge is 2.11. The van der Waals surface area contributed by atoms with Gasteiger partial charge in [0, 0.05) is 5.69 Å². The van der Waals surface area contributed by atoms with E-state index in [4.69, 9.17) is 17.0 Å². The Labute approximate surface area is 135 Å². The molecule has 0 saturated heterocycles. The lowest BCUT2D eigenvalue weighted by Crippen LogP contribution is -2.32. The van der Waals surface area contributed by atoms with Crippen LogP contribution in [0.1, 0.15) is 24.9 Å². The molecule has 0 aromatic heterocycles. The van der Waals surface area contributed by atoms with E-state index in [-0.39, 0.29) is 11.9 Å². The third-order valence-corrected chi connectivity index (χ3v) is 3.53. The molecule has 0 heterocycles. The second-order valence-electron chi connectivity index (χ2n) is 4.84. The van der Waals surface area contributed by atoms with Crippen LogP contribution in [0.3, 0.4) is 0 Å².